The van der Waals surface area contributed by atoms with Gasteiger partial charge in [0.25, 0.3) is 0 Å². The highest BCUT2D eigenvalue weighted by Crippen LogP contribution is 2.19. The summed E-state index contributed by atoms with van der Waals surface area (Å²) in [5, 5.41) is 5.07. The zero-order chi connectivity index (χ0) is 21.0. The zero-order valence-corrected chi connectivity index (χ0v) is 16.6. The van der Waals surface area contributed by atoms with Gasteiger partial charge in [-0.25, -0.2) is 9.18 Å². The number of halogens is 1. The first-order chi connectivity index (χ1) is 13.7. The van der Waals surface area contributed by atoms with Crippen LogP contribution in [0.25, 0.3) is 0 Å². The molecule has 3 rings (SSSR count). The molecule has 1 aromatic carbocycles. The van der Waals surface area contributed by atoms with Gasteiger partial charge in [0, 0.05) is 38.4 Å². The molecule has 2 heterocycles. The molecule has 0 aliphatic carbocycles. The van der Waals surface area contributed by atoms with Gasteiger partial charge in [-0.15, -0.1) is 0 Å². The highest BCUT2D eigenvalue weighted by atomic mass is 32.2. The van der Waals surface area contributed by atoms with E-state index in [1.165, 1.54) is 18.3 Å². The van der Waals surface area contributed by atoms with Crippen molar-refractivity contribution in [1.29, 1.82) is 0 Å². The van der Waals surface area contributed by atoms with Gasteiger partial charge in [-0.05, 0) is 36.8 Å². The number of carbonyl (C=O) groups excluding carboxylic acids is 1. The fourth-order valence-corrected chi connectivity index (χ4v) is 3.59. The summed E-state index contributed by atoms with van der Waals surface area (Å²) in [7, 11) is -4.18. The van der Waals surface area contributed by atoms with E-state index < -0.39 is 22.2 Å². The molecule has 1 aliphatic heterocycles. The molecule has 0 spiro atoms. The van der Waals surface area contributed by atoms with Crippen LogP contribution in [-0.4, -0.2) is 59.4 Å². The molecule has 9 nitrogen and oxygen atoms in total. The second-order valence-electron chi connectivity index (χ2n) is 6.73. The van der Waals surface area contributed by atoms with E-state index in [2.05, 4.69) is 15.6 Å². The molecular formula is C18H22FN5O4S. The maximum atomic E-state index is 14.1. The van der Waals surface area contributed by atoms with Crippen LogP contribution in [-0.2, 0) is 16.8 Å². The summed E-state index contributed by atoms with van der Waals surface area (Å²) in [4.78, 5) is 18.2. The van der Waals surface area contributed by atoms with Gasteiger partial charge < -0.3 is 10.6 Å². The Morgan fingerprint density at radius 1 is 1.17 bits per heavy atom. The van der Waals surface area contributed by atoms with Crippen LogP contribution >= 0.6 is 0 Å². The number of anilines is 2. The summed E-state index contributed by atoms with van der Waals surface area (Å²) in [6.45, 7) is 3.50. The van der Waals surface area contributed by atoms with Gasteiger partial charge in [-0.2, -0.15) is 12.7 Å². The Kier molecular flexibility index (Phi) is 6.42. The number of hydrogen-bond donors (Lipinski definition) is 3. The SMILES string of the molecule is Cc1ccc(NC(=O)Nc2cc(CN3CCN(S(=O)(=O)O)CC3)ccc2F)cn1. The number of urea groups is 1. The number of benzene rings is 1. The molecule has 3 N–H and O–H groups in total. The van der Waals surface area contributed by atoms with Gasteiger partial charge in [-0.3, -0.25) is 14.4 Å². The van der Waals surface area contributed by atoms with Crippen molar-refractivity contribution in [3.05, 3.63) is 53.6 Å². The summed E-state index contributed by atoms with van der Waals surface area (Å²) in [5.41, 5.74) is 2.10. The molecule has 0 atom stereocenters. The fraction of sp³-hybridized carbons (Fsp3) is 0.333. The zero-order valence-electron chi connectivity index (χ0n) is 15.8. The molecule has 1 saturated heterocycles. The van der Waals surface area contributed by atoms with E-state index in [9.17, 15) is 17.6 Å². The quantitative estimate of drug-likeness (QED) is 0.635. The smallest absolute Gasteiger partial charge is 0.306 e. The lowest BCUT2D eigenvalue weighted by Crippen LogP contribution is -2.47. The lowest BCUT2D eigenvalue weighted by Gasteiger charge is -2.32. The van der Waals surface area contributed by atoms with Crippen molar-refractivity contribution < 1.29 is 22.2 Å². The Balaban J connectivity index is 1.59. The monoisotopic (exact) mass is 423 g/mol. The first-order valence-electron chi connectivity index (χ1n) is 8.95. The van der Waals surface area contributed by atoms with E-state index in [1.54, 1.807) is 18.2 Å². The third-order valence-corrected chi connectivity index (χ3v) is 5.53. The molecule has 0 unspecified atom stereocenters. The number of aryl methyl sites for hydroxylation is 1. The number of aromatic nitrogens is 1. The first kappa shape index (κ1) is 21.1. The fourth-order valence-electron chi connectivity index (χ4n) is 2.97. The number of rotatable bonds is 5. The normalized spacial score (nSPS) is 15.8. The van der Waals surface area contributed by atoms with Crippen LogP contribution in [0, 0.1) is 12.7 Å². The summed E-state index contributed by atoms with van der Waals surface area (Å²) < 4.78 is 46.5. The van der Waals surface area contributed by atoms with Crippen LogP contribution in [0.4, 0.5) is 20.6 Å². The summed E-state index contributed by atoms with van der Waals surface area (Å²) in [6.07, 6.45) is 1.51. The summed E-state index contributed by atoms with van der Waals surface area (Å²) in [6, 6.07) is 7.27. The summed E-state index contributed by atoms with van der Waals surface area (Å²) >= 11 is 0. The maximum absolute atomic E-state index is 14.1. The predicted molar refractivity (Wildman–Crippen MR) is 106 cm³/mol. The largest absolute Gasteiger partial charge is 0.335 e. The van der Waals surface area contributed by atoms with Crippen LogP contribution in [0.5, 0.6) is 0 Å². The lowest BCUT2D eigenvalue weighted by molar-refractivity contribution is 0.173. The van der Waals surface area contributed by atoms with Crippen LogP contribution < -0.4 is 10.6 Å². The van der Waals surface area contributed by atoms with Crippen LogP contribution in [0.15, 0.2) is 36.5 Å². The van der Waals surface area contributed by atoms with Crippen molar-refractivity contribution in [2.24, 2.45) is 0 Å². The van der Waals surface area contributed by atoms with E-state index in [-0.39, 0.29) is 18.8 Å². The molecule has 0 radical (unpaired) electrons. The first-order valence-corrected chi connectivity index (χ1v) is 10.3. The molecule has 1 aromatic heterocycles. The predicted octanol–water partition coefficient (Wildman–Crippen LogP) is 2.09. The molecule has 29 heavy (non-hydrogen) atoms. The molecule has 2 aromatic rings. The maximum Gasteiger partial charge on any atom is 0.335 e. The second kappa shape index (κ2) is 8.82. The molecular weight excluding hydrogens is 401 g/mol. The Labute approximate surface area is 168 Å². The molecule has 1 aliphatic rings. The van der Waals surface area contributed by atoms with E-state index in [1.807, 2.05) is 11.8 Å². The number of piperazine rings is 1. The standard InChI is InChI=1S/C18H22FN5O4S/c1-13-2-4-15(11-20-13)21-18(25)22-17-10-14(3-5-16(17)19)12-23-6-8-24(9-7-23)29(26,27)28/h2-5,10-11H,6-9,12H2,1H3,(H2,21,22,25)(H,26,27,28). The molecule has 0 bridgehead atoms. The van der Waals surface area contributed by atoms with E-state index in [0.29, 0.717) is 25.3 Å². The molecule has 2 amide bonds. The minimum absolute atomic E-state index is 0.0386. The third-order valence-electron chi connectivity index (χ3n) is 4.51. The van der Waals surface area contributed by atoms with E-state index in [4.69, 9.17) is 4.55 Å². The number of hydrogen-bond acceptors (Lipinski definition) is 5. The van der Waals surface area contributed by atoms with E-state index in [0.717, 1.165) is 15.6 Å². The Hall–Kier alpha value is -2.60. The highest BCUT2D eigenvalue weighted by molar-refractivity contribution is 7.83. The highest BCUT2D eigenvalue weighted by Gasteiger charge is 2.25. The van der Waals surface area contributed by atoms with Crippen molar-refractivity contribution in [3.8, 4) is 0 Å². The minimum atomic E-state index is -4.18. The third kappa shape index (κ3) is 5.94. The molecule has 1 fully saturated rings. The number of carbonyl (C=O) groups is 1. The average molecular weight is 423 g/mol. The van der Waals surface area contributed by atoms with Gasteiger partial charge in [-0.1, -0.05) is 6.07 Å². The Morgan fingerprint density at radius 3 is 2.52 bits per heavy atom. The number of nitrogens with one attached hydrogen (secondary N) is 2. The summed E-state index contributed by atoms with van der Waals surface area (Å²) in [5.74, 6) is -0.567. The van der Waals surface area contributed by atoms with Gasteiger partial charge in [0.05, 0.1) is 17.6 Å². The van der Waals surface area contributed by atoms with E-state index >= 15 is 0 Å². The topological polar surface area (TPSA) is 115 Å². The molecule has 11 heteroatoms. The lowest BCUT2D eigenvalue weighted by atomic mass is 10.1. The van der Waals surface area contributed by atoms with Crippen molar-refractivity contribution in [2.45, 2.75) is 13.5 Å². The van der Waals surface area contributed by atoms with Crippen LogP contribution in [0.1, 0.15) is 11.3 Å². The van der Waals surface area contributed by atoms with Crippen molar-refractivity contribution in [2.75, 3.05) is 36.8 Å². The molecule has 0 saturated carbocycles. The van der Waals surface area contributed by atoms with Gasteiger partial charge in [0.2, 0.25) is 0 Å². The van der Waals surface area contributed by atoms with Crippen LogP contribution in [0.3, 0.4) is 0 Å². The van der Waals surface area contributed by atoms with Crippen LogP contribution in [0.2, 0.25) is 0 Å². The number of nitrogens with zero attached hydrogens (tertiary/aromatic N) is 3. The van der Waals surface area contributed by atoms with Crippen molar-refractivity contribution >= 4 is 27.7 Å². The number of amides is 2. The van der Waals surface area contributed by atoms with Crippen molar-refractivity contribution in [1.82, 2.24) is 14.2 Å². The van der Waals surface area contributed by atoms with Gasteiger partial charge in [0.15, 0.2) is 0 Å². The van der Waals surface area contributed by atoms with Gasteiger partial charge >= 0.3 is 16.3 Å². The van der Waals surface area contributed by atoms with Crippen molar-refractivity contribution in [3.63, 3.8) is 0 Å². The van der Waals surface area contributed by atoms with Gasteiger partial charge in [0.1, 0.15) is 5.82 Å². The number of pyridine rings is 1. The second-order valence-corrected chi connectivity index (χ2v) is 8.15. The Bertz CT molecular complexity index is 976. The average Bonchev–Trinajstić information content (AvgIpc) is 2.66. The minimum Gasteiger partial charge on any atom is -0.306 e. The molecule has 156 valence electrons. The Morgan fingerprint density at radius 2 is 1.90 bits per heavy atom.